The van der Waals surface area contributed by atoms with Gasteiger partial charge in [-0.15, -0.1) is 20.1 Å². The molecule has 396 valence electrons. The van der Waals surface area contributed by atoms with E-state index in [2.05, 4.69) is 61.7 Å². The minimum Gasteiger partial charge on any atom is -0.395 e. The van der Waals surface area contributed by atoms with E-state index in [1.54, 1.807) is 47.4 Å². The van der Waals surface area contributed by atoms with Crippen molar-refractivity contribution in [2.24, 2.45) is 11.8 Å². The van der Waals surface area contributed by atoms with Crippen molar-refractivity contribution in [3.8, 4) is 33.9 Å². The highest BCUT2D eigenvalue weighted by Gasteiger charge is 2.59. The van der Waals surface area contributed by atoms with Gasteiger partial charge in [0.15, 0.2) is 11.5 Å². The molecule has 3 aromatic heterocycles. The smallest absolute Gasteiger partial charge is 0.395 e. The van der Waals surface area contributed by atoms with Crippen LogP contribution in [0.4, 0.5) is 14.6 Å². The third-order valence-corrected chi connectivity index (χ3v) is 17.6. The average Bonchev–Trinajstić information content (AvgIpc) is 4.31. The first kappa shape index (κ1) is 52.1. The summed E-state index contributed by atoms with van der Waals surface area (Å²) in [5.74, 6) is 0.862. The molecule has 0 radical (unpaired) electrons. The Hall–Kier alpha value is -6.02. The lowest BCUT2D eigenvalue weighted by Gasteiger charge is -2.45. The van der Waals surface area contributed by atoms with Crippen molar-refractivity contribution in [2.45, 2.75) is 83.8 Å². The number of hydrogen-bond acceptors (Lipinski definition) is 13. The summed E-state index contributed by atoms with van der Waals surface area (Å²) in [4.78, 5) is 69.2. The Kier molecular flexibility index (Phi) is 14.4. The van der Waals surface area contributed by atoms with Crippen molar-refractivity contribution >= 4 is 74.4 Å². The number of nitrogens with one attached hydrogen (secondary N) is 2. The van der Waals surface area contributed by atoms with Crippen molar-refractivity contribution < 1.29 is 42.2 Å². The van der Waals surface area contributed by atoms with Gasteiger partial charge in [0, 0.05) is 89.1 Å². The molecule has 5 aliphatic rings. The van der Waals surface area contributed by atoms with Crippen LogP contribution in [0.1, 0.15) is 70.6 Å². The molecule has 2 saturated carbocycles. The first-order valence-corrected chi connectivity index (χ1v) is 28.1. The number of likely N-dealkylation sites (tertiary alicyclic amines) is 1. The number of carbonyl (C=O) groups excluding carboxylic acids is 4. The second-order valence-electron chi connectivity index (χ2n) is 20.7. The number of amides is 4. The van der Waals surface area contributed by atoms with E-state index in [0.29, 0.717) is 78.8 Å². The van der Waals surface area contributed by atoms with Crippen LogP contribution < -0.4 is 20.1 Å². The summed E-state index contributed by atoms with van der Waals surface area (Å²) in [6.07, 6.45) is -0.139. The van der Waals surface area contributed by atoms with E-state index in [9.17, 15) is 28.0 Å². The topological polar surface area (TPSA) is 156 Å². The monoisotopic (exact) mass is 1090 g/mol. The van der Waals surface area contributed by atoms with Crippen LogP contribution in [0.5, 0.6) is 11.5 Å². The van der Waals surface area contributed by atoms with Crippen molar-refractivity contribution in [1.29, 1.82) is 0 Å². The van der Waals surface area contributed by atoms with Gasteiger partial charge in [-0.1, -0.05) is 35.9 Å². The molecular weight excluding hydrogens is 1030 g/mol. The SMILES string of the molecule is Cc1ccc(NC(=O)C2(c3ccc4c(c3)OC(F)(F)O4)CC2)nc1-c1cccc(C(=O)NCCSCCOCCN2C[C@H](C)N(Cc3c(C)cc(Cl)cc3-c3ccnc4cc(CN5C(=O)C6CC6C5=O)sc34)[C@@H](C)C2)c1. The molecule has 14 nitrogen and oxygen atoms in total. The molecule has 2 unspecified atom stereocenters. The maximum atomic E-state index is 13.7. The van der Waals surface area contributed by atoms with E-state index >= 15 is 0 Å². The molecule has 2 N–H and O–H groups in total. The second kappa shape index (κ2) is 21.1. The van der Waals surface area contributed by atoms with Crippen molar-refractivity contribution in [3.05, 3.63) is 123 Å². The lowest BCUT2D eigenvalue weighted by Crippen LogP contribution is -2.56. The van der Waals surface area contributed by atoms with Gasteiger partial charge < -0.3 is 24.8 Å². The maximum absolute atomic E-state index is 13.7. The van der Waals surface area contributed by atoms with Crippen LogP contribution in [0, 0.1) is 25.7 Å². The number of pyridine rings is 2. The van der Waals surface area contributed by atoms with Gasteiger partial charge in [-0.25, -0.2) is 4.98 Å². The van der Waals surface area contributed by atoms with E-state index in [-0.39, 0.29) is 53.5 Å². The number of alkyl halides is 2. The van der Waals surface area contributed by atoms with Crippen LogP contribution in [0.25, 0.3) is 32.6 Å². The Morgan fingerprint density at radius 3 is 2.43 bits per heavy atom. The van der Waals surface area contributed by atoms with Crippen LogP contribution in [0.15, 0.2) is 85.1 Å². The van der Waals surface area contributed by atoms with E-state index < -0.39 is 11.7 Å². The molecule has 0 bridgehead atoms. The minimum atomic E-state index is -3.74. The third-order valence-electron chi connectivity index (χ3n) is 15.3. The first-order chi connectivity index (χ1) is 36.5. The van der Waals surface area contributed by atoms with Crippen molar-refractivity contribution in [1.82, 2.24) is 30.0 Å². The Morgan fingerprint density at radius 2 is 1.66 bits per heavy atom. The molecule has 4 atom stereocenters. The maximum Gasteiger partial charge on any atom is 0.586 e. The number of piperidine rings is 1. The molecular formula is C57H58ClF2N7O7S2. The van der Waals surface area contributed by atoms with Crippen LogP contribution in [0.3, 0.4) is 0 Å². The first-order valence-electron chi connectivity index (χ1n) is 25.8. The number of ether oxygens (including phenoxy) is 3. The number of fused-ring (bicyclic) bond motifs is 3. The standard InChI is InChI=1S/C57H58ClF2N7O7S2/c1-32-8-11-49(64-55(71)56(13-14-56)38-9-10-47-48(24-38)74-57(59,60)73-47)63-50(32)36-6-5-7-37(23-36)52(68)62-16-20-75-21-19-72-18-17-65-28-34(3)66(35(4)29-65)31-45-33(2)22-39(58)25-42(45)41-12-15-61-46-26-40(76-51(41)46)30-67-53(69)43-27-44(43)54(67)70/h5-12,15,22-26,34-35,43-44H,13-14,16-21,27-31H2,1-4H3,(H,62,68)(H,63,64,71)/t34-,35-,43?,44?/m0/s1. The lowest BCUT2D eigenvalue weighted by molar-refractivity contribution is -0.286. The molecule has 2 saturated heterocycles. The van der Waals surface area contributed by atoms with Crippen LogP contribution >= 0.6 is 34.7 Å². The zero-order valence-corrected chi connectivity index (χ0v) is 45.0. The van der Waals surface area contributed by atoms with Gasteiger partial charge in [0.05, 0.1) is 52.9 Å². The molecule has 6 aromatic rings. The molecule has 4 fully saturated rings. The number of halogens is 3. The van der Waals surface area contributed by atoms with Crippen molar-refractivity contribution in [2.75, 3.05) is 56.2 Å². The van der Waals surface area contributed by atoms with Crippen molar-refractivity contribution in [3.63, 3.8) is 0 Å². The van der Waals surface area contributed by atoms with Gasteiger partial charge in [0.1, 0.15) is 5.82 Å². The zero-order valence-electron chi connectivity index (χ0n) is 42.6. The van der Waals surface area contributed by atoms with Gasteiger partial charge in [0.25, 0.3) is 5.91 Å². The molecule has 0 spiro atoms. The van der Waals surface area contributed by atoms with Crippen LogP contribution in [-0.4, -0.2) is 118 Å². The number of aryl methyl sites for hydroxylation is 2. The normalized spacial score (nSPS) is 21.3. The number of rotatable bonds is 19. The summed E-state index contributed by atoms with van der Waals surface area (Å²) in [5, 5.41) is 6.62. The fraction of sp³-hybridized carbons (Fsp3) is 0.404. The number of thiophene rings is 1. The van der Waals surface area contributed by atoms with Crippen LogP contribution in [0.2, 0.25) is 5.02 Å². The number of benzene rings is 3. The van der Waals surface area contributed by atoms with Gasteiger partial charge in [0.2, 0.25) is 17.7 Å². The number of piperazine rings is 1. The van der Waals surface area contributed by atoms with Crippen LogP contribution in [-0.2, 0) is 37.6 Å². The summed E-state index contributed by atoms with van der Waals surface area (Å²) >= 11 is 10.1. The fourth-order valence-corrected chi connectivity index (χ4v) is 13.1. The second-order valence-corrected chi connectivity index (χ2v) is 23.5. The number of carbonyl (C=O) groups is 4. The summed E-state index contributed by atoms with van der Waals surface area (Å²) in [6, 6.07) is 24.0. The molecule has 2 aliphatic carbocycles. The number of thioether (sulfide) groups is 1. The number of hydrogen-bond donors (Lipinski definition) is 2. The van der Waals surface area contributed by atoms with E-state index in [1.807, 2.05) is 49.5 Å². The predicted molar refractivity (Wildman–Crippen MR) is 290 cm³/mol. The quantitative estimate of drug-likeness (QED) is 0.0586. The molecule has 3 aliphatic heterocycles. The summed E-state index contributed by atoms with van der Waals surface area (Å²) < 4.78 is 43.6. The van der Waals surface area contributed by atoms with Gasteiger partial charge >= 0.3 is 6.29 Å². The summed E-state index contributed by atoms with van der Waals surface area (Å²) in [6.45, 7) is 14.1. The molecule has 3 aromatic carbocycles. The zero-order chi connectivity index (χ0) is 53.0. The largest absolute Gasteiger partial charge is 0.586 e. The third kappa shape index (κ3) is 10.7. The summed E-state index contributed by atoms with van der Waals surface area (Å²) in [5.41, 5.74) is 7.68. The van der Waals surface area contributed by atoms with E-state index in [1.165, 1.54) is 22.6 Å². The van der Waals surface area contributed by atoms with Gasteiger partial charge in [-0.05, 0) is 129 Å². The molecule has 11 rings (SSSR count). The molecule has 19 heteroatoms. The van der Waals surface area contributed by atoms with Gasteiger partial charge in [-0.3, -0.25) is 38.9 Å². The number of imide groups is 1. The number of anilines is 1. The number of nitrogens with zero attached hydrogens (tertiary/aromatic N) is 5. The average molecular weight is 1090 g/mol. The lowest BCUT2D eigenvalue weighted by atomic mass is 9.94. The Morgan fingerprint density at radius 1 is 0.882 bits per heavy atom. The number of aromatic nitrogens is 2. The highest BCUT2D eigenvalue weighted by Crippen LogP contribution is 2.53. The van der Waals surface area contributed by atoms with E-state index in [4.69, 9.17) is 21.3 Å². The molecule has 76 heavy (non-hydrogen) atoms. The predicted octanol–water partition coefficient (Wildman–Crippen LogP) is 9.87. The van der Waals surface area contributed by atoms with Gasteiger partial charge in [-0.2, -0.15) is 11.8 Å². The van der Waals surface area contributed by atoms with E-state index in [0.717, 1.165) is 80.6 Å². The highest BCUT2D eigenvalue weighted by molar-refractivity contribution is 7.99. The molecule has 4 amide bonds. The Bertz CT molecular complexity index is 3250. The Balaban J connectivity index is 0.613. The minimum absolute atomic E-state index is 0.0484. The Labute approximate surface area is 452 Å². The molecule has 6 heterocycles. The highest BCUT2D eigenvalue weighted by atomic mass is 35.5. The fourth-order valence-electron chi connectivity index (χ4n) is 11.0. The summed E-state index contributed by atoms with van der Waals surface area (Å²) in [7, 11) is 0.